The summed E-state index contributed by atoms with van der Waals surface area (Å²) < 4.78 is 0. The zero-order chi connectivity index (χ0) is 11.4. The number of pyridine rings is 1. The Kier molecular flexibility index (Phi) is 3.41. The van der Waals surface area contributed by atoms with E-state index in [9.17, 15) is 0 Å². The second-order valence-electron chi connectivity index (χ2n) is 3.69. The van der Waals surface area contributed by atoms with Crippen molar-refractivity contribution in [3.05, 3.63) is 40.7 Å². The summed E-state index contributed by atoms with van der Waals surface area (Å²) in [6.45, 7) is 0.992. The molecule has 2 N–H and O–H groups in total. The molecule has 0 saturated carbocycles. The highest BCUT2D eigenvalue weighted by Crippen LogP contribution is 2.14. The van der Waals surface area contributed by atoms with Gasteiger partial charge in [0.2, 0.25) is 0 Å². The molecule has 4 heteroatoms. The van der Waals surface area contributed by atoms with Crippen LogP contribution in [0.1, 0.15) is 4.88 Å². The predicted octanol–water partition coefficient (Wildman–Crippen LogP) is 2.40. The van der Waals surface area contributed by atoms with E-state index in [4.69, 9.17) is 5.73 Å². The lowest BCUT2D eigenvalue weighted by molar-refractivity contribution is 0.884. The molecule has 0 fully saturated rings. The maximum atomic E-state index is 5.55. The number of nitrogens with two attached hydrogens (primary N) is 1. The van der Waals surface area contributed by atoms with E-state index in [2.05, 4.69) is 34.4 Å². The van der Waals surface area contributed by atoms with Crippen molar-refractivity contribution >= 4 is 22.8 Å². The van der Waals surface area contributed by atoms with Gasteiger partial charge in [-0.2, -0.15) is 0 Å². The van der Waals surface area contributed by atoms with Crippen LogP contribution in [0.5, 0.6) is 0 Å². The molecule has 0 radical (unpaired) electrons. The Morgan fingerprint density at radius 1 is 1.38 bits per heavy atom. The molecule has 0 aliphatic carbocycles. The molecule has 0 aromatic carbocycles. The van der Waals surface area contributed by atoms with E-state index in [1.54, 1.807) is 11.3 Å². The average Bonchev–Trinajstić information content (AvgIpc) is 2.80. The topological polar surface area (TPSA) is 42.1 Å². The van der Waals surface area contributed by atoms with Crippen LogP contribution in [0.2, 0.25) is 0 Å². The summed E-state index contributed by atoms with van der Waals surface area (Å²) in [7, 11) is 2.07. The van der Waals surface area contributed by atoms with Crippen LogP contribution < -0.4 is 10.6 Å². The van der Waals surface area contributed by atoms with E-state index >= 15 is 0 Å². The zero-order valence-electron chi connectivity index (χ0n) is 9.26. The van der Waals surface area contributed by atoms with Gasteiger partial charge in [-0.1, -0.05) is 6.07 Å². The summed E-state index contributed by atoms with van der Waals surface area (Å²) in [5.74, 6) is 0.565. The molecule has 16 heavy (non-hydrogen) atoms. The highest BCUT2D eigenvalue weighted by Gasteiger charge is 2.02. The Labute approximate surface area is 99.5 Å². The van der Waals surface area contributed by atoms with Crippen molar-refractivity contribution in [3.63, 3.8) is 0 Å². The average molecular weight is 233 g/mol. The summed E-state index contributed by atoms with van der Waals surface area (Å²) in [4.78, 5) is 7.68. The largest absolute Gasteiger partial charge is 0.384 e. The molecule has 2 rings (SSSR count). The van der Waals surface area contributed by atoms with E-state index in [0.29, 0.717) is 5.82 Å². The van der Waals surface area contributed by atoms with E-state index in [1.165, 1.54) is 4.88 Å². The quantitative estimate of drug-likeness (QED) is 0.881. The lowest BCUT2D eigenvalue weighted by atomic mass is 10.3. The summed E-state index contributed by atoms with van der Waals surface area (Å²) in [6, 6.07) is 8.08. The summed E-state index contributed by atoms with van der Waals surface area (Å²) in [6.07, 6.45) is 2.88. The maximum absolute atomic E-state index is 5.55. The molecule has 84 valence electrons. The number of thiophene rings is 1. The van der Waals surface area contributed by atoms with Crippen molar-refractivity contribution in [1.82, 2.24) is 4.98 Å². The van der Waals surface area contributed by atoms with Gasteiger partial charge in [0.1, 0.15) is 5.82 Å². The molecule has 0 unspecified atom stereocenters. The van der Waals surface area contributed by atoms with Crippen molar-refractivity contribution < 1.29 is 0 Å². The van der Waals surface area contributed by atoms with E-state index < -0.39 is 0 Å². The summed E-state index contributed by atoms with van der Waals surface area (Å²) in [5.41, 5.74) is 6.65. The van der Waals surface area contributed by atoms with Gasteiger partial charge < -0.3 is 10.6 Å². The molecule has 0 bridgehead atoms. The molecular formula is C12H15N3S. The van der Waals surface area contributed by atoms with Crippen molar-refractivity contribution in [2.24, 2.45) is 0 Å². The fourth-order valence-electron chi connectivity index (χ4n) is 1.49. The van der Waals surface area contributed by atoms with Gasteiger partial charge in [0.15, 0.2) is 0 Å². The molecule has 0 atom stereocenters. The summed E-state index contributed by atoms with van der Waals surface area (Å²) >= 11 is 1.80. The van der Waals surface area contributed by atoms with Crippen molar-refractivity contribution in [3.8, 4) is 0 Å². The molecule has 2 aromatic rings. The molecule has 0 aliphatic rings. The number of anilines is 2. The Morgan fingerprint density at radius 3 is 2.88 bits per heavy atom. The smallest absolute Gasteiger partial charge is 0.123 e. The summed E-state index contributed by atoms with van der Waals surface area (Å²) in [5, 5.41) is 2.11. The first kappa shape index (κ1) is 11.0. The molecule has 2 aromatic heterocycles. The van der Waals surface area contributed by atoms with Crippen LogP contribution in [0.4, 0.5) is 11.5 Å². The third kappa shape index (κ3) is 2.73. The second-order valence-corrected chi connectivity index (χ2v) is 4.72. The van der Waals surface area contributed by atoms with Gasteiger partial charge in [0.25, 0.3) is 0 Å². The standard InChI is InChI=1S/C12H15N3S/c1-15(7-6-11-3-2-8-16-11)10-4-5-12(13)14-9-10/h2-5,8-9H,6-7H2,1H3,(H2,13,14). The monoisotopic (exact) mass is 233 g/mol. The van der Waals surface area contributed by atoms with E-state index in [0.717, 1.165) is 18.7 Å². The van der Waals surface area contributed by atoms with Crippen LogP contribution in [0.15, 0.2) is 35.8 Å². The van der Waals surface area contributed by atoms with Crippen molar-refractivity contribution in [1.29, 1.82) is 0 Å². The van der Waals surface area contributed by atoms with Gasteiger partial charge in [-0.3, -0.25) is 0 Å². The molecule has 3 nitrogen and oxygen atoms in total. The predicted molar refractivity (Wildman–Crippen MR) is 69.9 cm³/mol. The second kappa shape index (κ2) is 4.99. The zero-order valence-corrected chi connectivity index (χ0v) is 10.1. The number of rotatable bonds is 4. The van der Waals surface area contributed by atoms with Crippen LogP contribution in [0, 0.1) is 0 Å². The van der Waals surface area contributed by atoms with Gasteiger partial charge in [0, 0.05) is 18.5 Å². The Morgan fingerprint density at radius 2 is 2.25 bits per heavy atom. The normalized spacial score (nSPS) is 10.3. The van der Waals surface area contributed by atoms with Crippen LogP contribution in [0.3, 0.4) is 0 Å². The van der Waals surface area contributed by atoms with E-state index in [-0.39, 0.29) is 0 Å². The van der Waals surface area contributed by atoms with Crippen molar-refractivity contribution in [2.75, 3.05) is 24.2 Å². The number of hydrogen-bond donors (Lipinski definition) is 1. The fourth-order valence-corrected chi connectivity index (χ4v) is 2.18. The van der Waals surface area contributed by atoms with Gasteiger partial charge >= 0.3 is 0 Å². The molecular weight excluding hydrogens is 218 g/mol. The van der Waals surface area contributed by atoms with Crippen LogP contribution >= 0.6 is 11.3 Å². The lowest BCUT2D eigenvalue weighted by Gasteiger charge is -2.18. The van der Waals surface area contributed by atoms with E-state index in [1.807, 2.05) is 18.3 Å². The number of aromatic nitrogens is 1. The minimum absolute atomic E-state index is 0.565. The first-order chi connectivity index (χ1) is 7.75. The first-order valence-electron chi connectivity index (χ1n) is 5.21. The molecule has 0 aliphatic heterocycles. The number of nitrogen functional groups attached to an aromatic ring is 1. The Hall–Kier alpha value is -1.55. The Bertz CT molecular complexity index is 422. The third-order valence-electron chi connectivity index (χ3n) is 2.49. The fraction of sp³-hybridized carbons (Fsp3) is 0.250. The van der Waals surface area contributed by atoms with Crippen LogP contribution in [-0.2, 0) is 6.42 Å². The maximum Gasteiger partial charge on any atom is 0.123 e. The number of likely N-dealkylation sites (N-methyl/N-ethyl adjacent to an activating group) is 1. The third-order valence-corrected chi connectivity index (χ3v) is 3.42. The first-order valence-corrected chi connectivity index (χ1v) is 6.09. The van der Waals surface area contributed by atoms with Crippen LogP contribution in [0.25, 0.3) is 0 Å². The van der Waals surface area contributed by atoms with Gasteiger partial charge in [-0.15, -0.1) is 11.3 Å². The van der Waals surface area contributed by atoms with Crippen molar-refractivity contribution in [2.45, 2.75) is 6.42 Å². The highest BCUT2D eigenvalue weighted by molar-refractivity contribution is 7.09. The van der Waals surface area contributed by atoms with Gasteiger partial charge in [-0.05, 0) is 30.0 Å². The molecule has 2 heterocycles. The number of hydrogen-bond acceptors (Lipinski definition) is 4. The minimum atomic E-state index is 0.565. The number of nitrogens with zero attached hydrogens (tertiary/aromatic N) is 2. The SMILES string of the molecule is CN(CCc1cccs1)c1ccc(N)nc1. The van der Waals surface area contributed by atoms with Gasteiger partial charge in [0.05, 0.1) is 11.9 Å². The molecule has 0 saturated heterocycles. The highest BCUT2D eigenvalue weighted by atomic mass is 32.1. The minimum Gasteiger partial charge on any atom is -0.384 e. The Balaban J connectivity index is 1.93. The molecule has 0 spiro atoms. The lowest BCUT2D eigenvalue weighted by Crippen LogP contribution is -2.20. The van der Waals surface area contributed by atoms with Crippen LogP contribution in [-0.4, -0.2) is 18.6 Å². The van der Waals surface area contributed by atoms with Gasteiger partial charge in [-0.25, -0.2) is 4.98 Å². The molecule has 0 amide bonds.